The number of hydrogen-bond acceptors (Lipinski definition) is 4. The van der Waals surface area contributed by atoms with Gasteiger partial charge in [0.25, 0.3) is 0 Å². The Morgan fingerprint density at radius 1 is 1.44 bits per heavy atom. The van der Waals surface area contributed by atoms with E-state index in [1.54, 1.807) is 0 Å². The molecule has 2 heterocycles. The Morgan fingerprint density at radius 2 is 2.22 bits per heavy atom. The first-order chi connectivity index (χ1) is 8.44. The van der Waals surface area contributed by atoms with Crippen LogP contribution >= 0.6 is 0 Å². The molecule has 0 N–H and O–H groups in total. The van der Waals surface area contributed by atoms with Crippen LogP contribution in [0.2, 0.25) is 0 Å². The van der Waals surface area contributed by atoms with Crippen LogP contribution in [0.25, 0.3) is 0 Å². The van der Waals surface area contributed by atoms with Gasteiger partial charge in [0, 0.05) is 32.0 Å². The van der Waals surface area contributed by atoms with Crippen LogP contribution in [-0.2, 0) is 22.6 Å². The molecule has 5 heteroatoms. The van der Waals surface area contributed by atoms with Crippen molar-refractivity contribution in [2.45, 2.75) is 45.9 Å². The van der Waals surface area contributed by atoms with Crippen molar-refractivity contribution in [2.75, 3.05) is 13.1 Å². The summed E-state index contributed by atoms with van der Waals surface area (Å²) < 4.78 is 7.45. The number of ether oxygens (including phenoxy) is 1. The Balaban J connectivity index is 1.77. The molecule has 0 atom stereocenters. The lowest BCUT2D eigenvalue weighted by molar-refractivity contribution is -0.155. The molecule has 1 aliphatic rings. The van der Waals surface area contributed by atoms with Crippen LogP contribution in [0.3, 0.4) is 0 Å². The average molecular weight is 251 g/mol. The molecular formula is C13H21N3O2. The number of aromatic nitrogens is 2. The Bertz CT molecular complexity index is 420. The van der Waals surface area contributed by atoms with Gasteiger partial charge < -0.3 is 9.30 Å². The van der Waals surface area contributed by atoms with Crippen molar-refractivity contribution in [1.82, 2.24) is 14.5 Å². The zero-order valence-electron chi connectivity index (χ0n) is 11.3. The predicted molar refractivity (Wildman–Crippen MR) is 68.0 cm³/mol. The third-order valence-electron chi connectivity index (χ3n) is 2.88. The first-order valence-corrected chi connectivity index (χ1v) is 6.38. The van der Waals surface area contributed by atoms with Gasteiger partial charge in [0.05, 0.1) is 13.0 Å². The molecule has 0 amide bonds. The van der Waals surface area contributed by atoms with Gasteiger partial charge in [-0.05, 0) is 20.8 Å². The fourth-order valence-corrected chi connectivity index (χ4v) is 2.06. The number of carbonyl (C=O) groups excluding carboxylic acids is 1. The third-order valence-corrected chi connectivity index (χ3v) is 2.88. The van der Waals surface area contributed by atoms with Crippen LogP contribution in [0.5, 0.6) is 0 Å². The fraction of sp³-hybridized carbons (Fsp3) is 0.692. The summed E-state index contributed by atoms with van der Waals surface area (Å²) in [6.45, 7) is 9.14. The van der Waals surface area contributed by atoms with Crippen LogP contribution in [0.4, 0.5) is 0 Å². The third kappa shape index (κ3) is 3.57. The molecule has 1 aromatic rings. The van der Waals surface area contributed by atoms with E-state index in [0.29, 0.717) is 6.42 Å². The van der Waals surface area contributed by atoms with Gasteiger partial charge in [0.15, 0.2) is 0 Å². The molecule has 5 nitrogen and oxygen atoms in total. The maximum absolute atomic E-state index is 11.6. The molecule has 0 spiro atoms. The average Bonchev–Trinajstić information content (AvgIpc) is 2.71. The summed E-state index contributed by atoms with van der Waals surface area (Å²) in [6.07, 6.45) is 4.27. The smallest absolute Gasteiger partial charge is 0.307 e. The maximum Gasteiger partial charge on any atom is 0.307 e. The van der Waals surface area contributed by atoms with E-state index in [4.69, 9.17) is 4.74 Å². The Labute approximate surface area is 108 Å². The SMILES string of the molecule is CC(C)(C)OC(=O)CCN1CCn2ccnc2C1. The van der Waals surface area contributed by atoms with Gasteiger partial charge >= 0.3 is 5.97 Å². The van der Waals surface area contributed by atoms with Gasteiger partial charge in [0.2, 0.25) is 0 Å². The summed E-state index contributed by atoms with van der Waals surface area (Å²) in [6, 6.07) is 0. The number of esters is 1. The van der Waals surface area contributed by atoms with Gasteiger partial charge in [-0.3, -0.25) is 9.69 Å². The lowest BCUT2D eigenvalue weighted by atomic mass is 10.2. The number of imidazole rings is 1. The van der Waals surface area contributed by atoms with Crippen LogP contribution < -0.4 is 0 Å². The second-order valence-corrected chi connectivity index (χ2v) is 5.65. The summed E-state index contributed by atoms with van der Waals surface area (Å²) in [5.41, 5.74) is -0.394. The van der Waals surface area contributed by atoms with Gasteiger partial charge in [-0.2, -0.15) is 0 Å². The quantitative estimate of drug-likeness (QED) is 0.762. The fourth-order valence-electron chi connectivity index (χ4n) is 2.06. The van der Waals surface area contributed by atoms with E-state index < -0.39 is 5.60 Å². The first kappa shape index (κ1) is 13.1. The highest BCUT2D eigenvalue weighted by atomic mass is 16.6. The minimum atomic E-state index is -0.394. The predicted octanol–water partition coefficient (Wildman–Crippen LogP) is 1.43. The van der Waals surface area contributed by atoms with Crippen LogP contribution in [0.15, 0.2) is 12.4 Å². The van der Waals surface area contributed by atoms with E-state index in [-0.39, 0.29) is 5.97 Å². The summed E-state index contributed by atoms with van der Waals surface area (Å²) in [7, 11) is 0. The minimum absolute atomic E-state index is 0.128. The van der Waals surface area contributed by atoms with Crippen molar-refractivity contribution in [3.8, 4) is 0 Å². The minimum Gasteiger partial charge on any atom is -0.460 e. The number of fused-ring (bicyclic) bond motifs is 1. The highest BCUT2D eigenvalue weighted by Crippen LogP contribution is 2.12. The molecule has 1 aromatic heterocycles. The zero-order valence-corrected chi connectivity index (χ0v) is 11.3. The van der Waals surface area contributed by atoms with Crippen molar-refractivity contribution in [3.63, 3.8) is 0 Å². The Morgan fingerprint density at radius 3 is 2.94 bits per heavy atom. The van der Waals surface area contributed by atoms with Crippen LogP contribution in [0.1, 0.15) is 33.0 Å². The first-order valence-electron chi connectivity index (χ1n) is 6.38. The van der Waals surface area contributed by atoms with Crippen LogP contribution in [0, 0.1) is 0 Å². The van der Waals surface area contributed by atoms with E-state index in [9.17, 15) is 4.79 Å². The summed E-state index contributed by atoms with van der Waals surface area (Å²) in [5, 5.41) is 0. The zero-order chi connectivity index (χ0) is 13.2. The summed E-state index contributed by atoms with van der Waals surface area (Å²) in [4.78, 5) is 18.2. The van der Waals surface area contributed by atoms with E-state index in [1.165, 1.54) is 0 Å². The number of nitrogens with zero attached hydrogens (tertiary/aromatic N) is 3. The highest BCUT2D eigenvalue weighted by molar-refractivity contribution is 5.70. The van der Waals surface area contributed by atoms with Gasteiger partial charge in [-0.25, -0.2) is 4.98 Å². The molecule has 0 saturated heterocycles. The molecule has 1 aliphatic heterocycles. The van der Waals surface area contributed by atoms with Gasteiger partial charge in [0.1, 0.15) is 11.4 Å². The Kier molecular flexibility index (Phi) is 3.71. The lowest BCUT2D eigenvalue weighted by Crippen LogP contribution is -2.36. The molecule has 18 heavy (non-hydrogen) atoms. The molecule has 0 unspecified atom stereocenters. The molecule has 100 valence electrons. The molecule has 0 bridgehead atoms. The molecule has 0 saturated carbocycles. The standard InChI is InChI=1S/C13H21N3O2/c1-13(2,3)18-12(17)4-6-15-8-9-16-7-5-14-11(16)10-15/h5,7H,4,6,8-10H2,1-3H3. The van der Waals surface area contributed by atoms with Crippen molar-refractivity contribution in [1.29, 1.82) is 0 Å². The molecule has 0 aliphatic carbocycles. The second kappa shape index (κ2) is 5.10. The number of rotatable bonds is 3. The van der Waals surface area contributed by atoms with Gasteiger partial charge in [-0.1, -0.05) is 0 Å². The van der Waals surface area contributed by atoms with Crippen molar-refractivity contribution >= 4 is 5.97 Å². The normalized spacial score (nSPS) is 16.4. The van der Waals surface area contributed by atoms with E-state index >= 15 is 0 Å². The number of carbonyl (C=O) groups is 1. The summed E-state index contributed by atoms with van der Waals surface area (Å²) >= 11 is 0. The van der Waals surface area contributed by atoms with E-state index in [1.807, 2.05) is 33.2 Å². The lowest BCUT2D eigenvalue weighted by Gasteiger charge is -2.27. The topological polar surface area (TPSA) is 47.4 Å². The van der Waals surface area contributed by atoms with Crippen molar-refractivity contribution in [2.24, 2.45) is 0 Å². The van der Waals surface area contributed by atoms with Crippen molar-refractivity contribution < 1.29 is 9.53 Å². The number of hydrogen-bond donors (Lipinski definition) is 0. The Hall–Kier alpha value is -1.36. The van der Waals surface area contributed by atoms with E-state index in [2.05, 4.69) is 14.5 Å². The van der Waals surface area contributed by atoms with Crippen molar-refractivity contribution in [3.05, 3.63) is 18.2 Å². The molecule has 0 radical (unpaired) electrons. The molecule has 2 rings (SSSR count). The summed E-state index contributed by atoms with van der Waals surface area (Å²) in [5.74, 6) is 0.946. The molecule has 0 aromatic carbocycles. The van der Waals surface area contributed by atoms with E-state index in [0.717, 1.165) is 32.0 Å². The highest BCUT2D eigenvalue weighted by Gasteiger charge is 2.20. The second-order valence-electron chi connectivity index (χ2n) is 5.65. The monoisotopic (exact) mass is 251 g/mol. The van der Waals surface area contributed by atoms with Gasteiger partial charge in [-0.15, -0.1) is 0 Å². The maximum atomic E-state index is 11.6. The molecule has 0 fully saturated rings. The van der Waals surface area contributed by atoms with Crippen LogP contribution in [-0.4, -0.2) is 39.1 Å². The molecular weight excluding hydrogens is 230 g/mol. The largest absolute Gasteiger partial charge is 0.460 e.